The van der Waals surface area contributed by atoms with Gasteiger partial charge in [0.25, 0.3) is 0 Å². The minimum Gasteiger partial charge on any atom is -0.147 e. The average molecular weight is 599 g/mol. The molecule has 0 aliphatic heterocycles. The Morgan fingerprint density at radius 1 is 0.457 bits per heavy atom. The molecule has 4 rings (SSSR count). The summed E-state index contributed by atoms with van der Waals surface area (Å²) in [6, 6.07) is 0. The molecule has 0 saturated carbocycles. The largest absolute Gasteiger partial charge is 0.147 e. The Morgan fingerprint density at radius 2 is 0.743 bits per heavy atom. The molecule has 0 nitrogen and oxygen atoms in total. The first kappa shape index (κ1) is 31.6. The average Bonchev–Trinajstić information content (AvgIpc) is 3.24. The van der Waals surface area contributed by atoms with E-state index in [0.29, 0.717) is 6.25 Å². The molecular formula is C32H52Cl2Zr. The van der Waals surface area contributed by atoms with Gasteiger partial charge in [0.15, 0.2) is 0 Å². The van der Waals surface area contributed by atoms with Crippen molar-refractivity contribution < 1.29 is 23.2 Å². The minimum absolute atomic E-state index is 0. The quantitative estimate of drug-likeness (QED) is 0.297. The van der Waals surface area contributed by atoms with Gasteiger partial charge in [-0.3, -0.25) is 0 Å². The molecular weight excluding hydrogens is 546 g/mol. The molecule has 2 unspecified atom stereocenters. The fourth-order valence-electron chi connectivity index (χ4n) is 7.04. The van der Waals surface area contributed by atoms with Crippen LogP contribution in [-0.2, 0) is 23.2 Å². The zero-order valence-corrected chi connectivity index (χ0v) is 26.9. The fourth-order valence-corrected chi connectivity index (χ4v) is 12.7. The van der Waals surface area contributed by atoms with Crippen LogP contribution in [0.15, 0.2) is 46.6 Å². The van der Waals surface area contributed by atoms with Crippen molar-refractivity contribution in [1.82, 2.24) is 0 Å². The van der Waals surface area contributed by atoms with Gasteiger partial charge in [-0.05, 0) is 0 Å². The van der Waals surface area contributed by atoms with E-state index in [1.54, 1.807) is 11.1 Å². The molecule has 0 spiro atoms. The first-order valence-electron chi connectivity index (χ1n) is 14.7. The molecule has 3 heteroatoms. The van der Waals surface area contributed by atoms with E-state index in [9.17, 15) is 0 Å². The van der Waals surface area contributed by atoms with Gasteiger partial charge in [-0.1, -0.05) is 0 Å². The summed E-state index contributed by atoms with van der Waals surface area (Å²) in [7, 11) is 0. The number of halogens is 2. The fraction of sp³-hybridized carbons (Fsp3) is 0.750. The van der Waals surface area contributed by atoms with Crippen molar-refractivity contribution in [3.8, 4) is 0 Å². The summed E-state index contributed by atoms with van der Waals surface area (Å²) in [5, 5.41) is 0. The zero-order valence-electron chi connectivity index (χ0n) is 22.8. The van der Waals surface area contributed by atoms with E-state index < -0.39 is 23.2 Å². The van der Waals surface area contributed by atoms with Crippen molar-refractivity contribution in [3.63, 3.8) is 0 Å². The third-order valence-electron chi connectivity index (χ3n) is 9.03. The molecule has 4 aliphatic rings. The van der Waals surface area contributed by atoms with Crippen LogP contribution in [0.4, 0.5) is 0 Å². The maximum absolute atomic E-state index is 2.70. The van der Waals surface area contributed by atoms with Gasteiger partial charge in [0.1, 0.15) is 0 Å². The van der Waals surface area contributed by atoms with Gasteiger partial charge in [-0.15, -0.1) is 24.8 Å². The molecule has 0 aromatic carbocycles. The van der Waals surface area contributed by atoms with Gasteiger partial charge in [0.2, 0.25) is 0 Å². The number of hydrogen-bond acceptors (Lipinski definition) is 0. The number of allylic oxidation sites excluding steroid dienone is 8. The van der Waals surface area contributed by atoms with Crippen molar-refractivity contribution in [1.29, 1.82) is 0 Å². The maximum Gasteiger partial charge on any atom is -0.147 e. The maximum atomic E-state index is 2.70. The van der Waals surface area contributed by atoms with Crippen LogP contribution < -0.4 is 0 Å². The van der Waals surface area contributed by atoms with Crippen LogP contribution in [0.3, 0.4) is 0 Å². The third-order valence-corrected chi connectivity index (χ3v) is 13.9. The van der Waals surface area contributed by atoms with Gasteiger partial charge in [0.05, 0.1) is 0 Å². The summed E-state index contributed by atoms with van der Waals surface area (Å²) in [6.45, 7) is 5.33. The molecule has 0 radical (unpaired) electrons. The van der Waals surface area contributed by atoms with Crippen LogP contribution >= 0.6 is 24.8 Å². The molecule has 35 heavy (non-hydrogen) atoms. The molecule has 0 fully saturated rings. The molecule has 2 atom stereocenters. The Kier molecular flexibility index (Phi) is 14.2. The molecule has 0 N–H and O–H groups in total. The van der Waals surface area contributed by atoms with Crippen molar-refractivity contribution in [2.24, 2.45) is 0 Å². The van der Waals surface area contributed by atoms with E-state index in [4.69, 9.17) is 0 Å². The molecule has 0 heterocycles. The molecule has 198 valence electrons. The van der Waals surface area contributed by atoms with Crippen molar-refractivity contribution in [2.75, 3.05) is 0 Å². The van der Waals surface area contributed by atoms with Crippen molar-refractivity contribution >= 4 is 24.8 Å². The minimum atomic E-state index is -0.745. The summed E-state index contributed by atoms with van der Waals surface area (Å²) in [5.41, 5.74) is 7.31. The molecule has 0 amide bonds. The van der Waals surface area contributed by atoms with E-state index in [1.165, 1.54) is 128 Å². The van der Waals surface area contributed by atoms with Gasteiger partial charge in [-0.25, -0.2) is 0 Å². The van der Waals surface area contributed by atoms with Crippen molar-refractivity contribution in [2.45, 2.75) is 149 Å². The Morgan fingerprint density at radius 3 is 1.09 bits per heavy atom. The molecule has 0 bridgehead atoms. The monoisotopic (exact) mass is 596 g/mol. The van der Waals surface area contributed by atoms with Crippen LogP contribution in [0.5, 0.6) is 0 Å². The second-order valence-corrected chi connectivity index (χ2v) is 17.6. The summed E-state index contributed by atoms with van der Waals surface area (Å²) >= 11 is -0.745. The van der Waals surface area contributed by atoms with Gasteiger partial charge >= 0.3 is 218 Å². The summed E-state index contributed by atoms with van der Waals surface area (Å²) in [4.78, 5) is 0. The standard InChI is InChI=1S/2C16H25.2ClH.Zr/c2*1-14-12-13-15-10-8-6-4-2-3-5-7-9-11-16(14)15;;;/h2*12-13H,2-11H2,1H3;2*1H;. The van der Waals surface area contributed by atoms with Crippen molar-refractivity contribution in [3.05, 3.63) is 46.6 Å². The number of hydrogen-bond donors (Lipinski definition) is 0. The second kappa shape index (κ2) is 15.7. The molecule has 4 aliphatic carbocycles. The van der Waals surface area contributed by atoms with Crippen LogP contribution in [0.1, 0.15) is 142 Å². The normalized spacial score (nSPS) is 31.0. The van der Waals surface area contributed by atoms with Crippen LogP contribution in [-0.4, -0.2) is 0 Å². The van der Waals surface area contributed by atoms with Crippen LogP contribution in [0, 0.1) is 0 Å². The topological polar surface area (TPSA) is 0 Å². The number of rotatable bonds is 2. The van der Waals surface area contributed by atoms with Crippen LogP contribution in [0.2, 0.25) is 6.25 Å². The summed E-state index contributed by atoms with van der Waals surface area (Å²) < 4.78 is 0.849. The SMILES string of the molecule is C[C]1([Zr][C]2(C)C=CC3=C2CCCCCCCCCC3)C=CC2=C1CCCCCCCCCC2.Cl.Cl. The van der Waals surface area contributed by atoms with Crippen LogP contribution in [0.25, 0.3) is 0 Å². The predicted octanol–water partition coefficient (Wildman–Crippen LogP) is 11.8. The Labute approximate surface area is 241 Å². The molecule has 0 aromatic heterocycles. The van der Waals surface area contributed by atoms with E-state index in [1.807, 2.05) is 11.1 Å². The first-order chi connectivity index (χ1) is 16.1. The van der Waals surface area contributed by atoms with Gasteiger partial charge in [-0.2, -0.15) is 0 Å². The van der Waals surface area contributed by atoms with Gasteiger partial charge < -0.3 is 0 Å². The smallest absolute Gasteiger partial charge is 0.147 e. The molecule has 0 aromatic rings. The molecule has 0 saturated heterocycles. The first-order valence-corrected chi connectivity index (χ1v) is 17.2. The second-order valence-electron chi connectivity index (χ2n) is 11.9. The van der Waals surface area contributed by atoms with E-state index >= 15 is 0 Å². The Hall–Kier alpha value is 0.423. The zero-order chi connectivity index (χ0) is 23.0. The van der Waals surface area contributed by atoms with E-state index in [-0.39, 0.29) is 24.8 Å². The Bertz CT molecular complexity index is 712. The van der Waals surface area contributed by atoms with E-state index in [2.05, 4.69) is 38.2 Å². The Balaban J connectivity index is 0.00000216. The van der Waals surface area contributed by atoms with Gasteiger partial charge in [0, 0.05) is 0 Å². The summed E-state index contributed by atoms with van der Waals surface area (Å²) in [6.07, 6.45) is 39.2. The van der Waals surface area contributed by atoms with E-state index in [0.717, 1.165) is 0 Å². The third kappa shape index (κ3) is 8.72. The predicted molar refractivity (Wildman–Crippen MR) is 156 cm³/mol. The summed E-state index contributed by atoms with van der Waals surface area (Å²) in [5.74, 6) is 0.